The number of carbonyl (C=O) groups excluding carboxylic acids is 1. The summed E-state index contributed by atoms with van der Waals surface area (Å²) in [4.78, 5) is 11.5. The zero-order chi connectivity index (χ0) is 23.8. The molecule has 1 aromatic heterocycles. The largest absolute Gasteiger partial charge is 0.465 e. The van der Waals surface area contributed by atoms with Crippen molar-refractivity contribution in [3.63, 3.8) is 0 Å². The summed E-state index contributed by atoms with van der Waals surface area (Å²) in [5.41, 5.74) is 2.25. The van der Waals surface area contributed by atoms with Gasteiger partial charge < -0.3 is 9.30 Å². The van der Waals surface area contributed by atoms with Crippen molar-refractivity contribution in [1.82, 2.24) is 9.29 Å². The van der Waals surface area contributed by atoms with Crippen LogP contribution in [-0.4, -0.2) is 38.3 Å². The highest BCUT2D eigenvalue weighted by molar-refractivity contribution is 7.89. The van der Waals surface area contributed by atoms with E-state index in [0.29, 0.717) is 22.0 Å². The number of halogens is 3. The molecule has 6 nitrogen and oxygen atoms in total. The molecule has 1 atom stereocenters. The second-order valence-corrected chi connectivity index (χ2v) is 9.33. The van der Waals surface area contributed by atoms with Gasteiger partial charge in [-0.05, 0) is 56.2 Å². The van der Waals surface area contributed by atoms with Gasteiger partial charge in [-0.3, -0.25) is 0 Å². The molecule has 0 aliphatic heterocycles. The van der Waals surface area contributed by atoms with Crippen molar-refractivity contribution >= 4 is 26.9 Å². The Balaban J connectivity index is 1.96. The molecule has 2 aromatic carbocycles. The minimum atomic E-state index is -4.83. The lowest BCUT2D eigenvalue weighted by atomic mass is 10.1. The van der Waals surface area contributed by atoms with Crippen molar-refractivity contribution in [3.8, 4) is 0 Å². The number of sulfonamides is 1. The molecule has 1 heterocycles. The molecule has 0 bridgehead atoms. The Morgan fingerprint density at radius 3 is 2.28 bits per heavy atom. The molecule has 0 radical (unpaired) electrons. The smallest absolute Gasteiger partial charge is 0.406 e. The number of nitrogens with zero attached hydrogens (tertiary/aromatic N) is 1. The lowest BCUT2D eigenvalue weighted by molar-refractivity contribution is -0.154. The van der Waals surface area contributed by atoms with E-state index in [4.69, 9.17) is 0 Å². The number of hydrogen-bond acceptors (Lipinski definition) is 4. The van der Waals surface area contributed by atoms with E-state index in [-0.39, 0.29) is 10.5 Å². The van der Waals surface area contributed by atoms with Gasteiger partial charge >= 0.3 is 12.1 Å². The Labute approximate surface area is 184 Å². The average molecular weight is 468 g/mol. The molecule has 1 N–H and O–H groups in total. The summed E-state index contributed by atoms with van der Waals surface area (Å²) in [6.07, 6.45) is -3.41. The summed E-state index contributed by atoms with van der Waals surface area (Å²) in [7, 11) is -3.21. The summed E-state index contributed by atoms with van der Waals surface area (Å²) in [5.74, 6) is -0.565. The van der Waals surface area contributed by atoms with Gasteiger partial charge in [-0.2, -0.15) is 17.9 Å². The number of carbonyl (C=O) groups is 1. The van der Waals surface area contributed by atoms with Crippen LogP contribution < -0.4 is 4.72 Å². The first-order valence-corrected chi connectivity index (χ1v) is 11.2. The number of hydrogen-bond donors (Lipinski definition) is 1. The van der Waals surface area contributed by atoms with Crippen LogP contribution in [0.5, 0.6) is 0 Å². The summed E-state index contributed by atoms with van der Waals surface area (Å²) < 4.78 is 75.1. The lowest BCUT2D eigenvalue weighted by Crippen LogP contribution is -2.48. The van der Waals surface area contributed by atoms with Crippen LogP contribution in [0.3, 0.4) is 0 Å². The number of alkyl halides is 3. The van der Waals surface area contributed by atoms with Crippen LogP contribution in [0.2, 0.25) is 0 Å². The first kappa shape index (κ1) is 23.8. The Morgan fingerprint density at radius 1 is 1.09 bits per heavy atom. The quantitative estimate of drug-likeness (QED) is 0.549. The number of esters is 1. The molecule has 10 heteroatoms. The van der Waals surface area contributed by atoms with Crippen LogP contribution in [-0.2, 0) is 21.3 Å². The lowest BCUT2D eigenvalue weighted by Gasteiger charge is -2.24. The molecule has 172 valence electrons. The van der Waals surface area contributed by atoms with Gasteiger partial charge in [0.15, 0.2) is 0 Å². The minimum Gasteiger partial charge on any atom is -0.465 e. The number of benzene rings is 2. The SMILES string of the molecule is COC(=O)c1ccc2c(ccn2CC(NS(=O)(=O)c2c(C)cc(C)cc2C)C(F)(F)F)c1. The van der Waals surface area contributed by atoms with Gasteiger partial charge in [0.25, 0.3) is 0 Å². The Kier molecular flexibility index (Phi) is 6.39. The predicted molar refractivity (Wildman–Crippen MR) is 114 cm³/mol. The van der Waals surface area contributed by atoms with Crippen molar-refractivity contribution in [2.75, 3.05) is 7.11 Å². The maximum absolute atomic E-state index is 13.8. The van der Waals surface area contributed by atoms with E-state index in [2.05, 4.69) is 4.74 Å². The van der Waals surface area contributed by atoms with Crippen LogP contribution in [0.25, 0.3) is 10.9 Å². The standard InChI is InChI=1S/C22H23F3N2O4S/c1-13-9-14(2)20(15(3)10-13)32(29,30)26-19(22(23,24)25)12-27-8-7-16-11-17(21(28)31-4)5-6-18(16)27/h5-11,19,26H,12H2,1-4H3. The molecule has 0 aliphatic carbocycles. The molecule has 0 fully saturated rings. The van der Waals surface area contributed by atoms with Gasteiger partial charge in [-0.15, -0.1) is 0 Å². The first-order valence-electron chi connectivity index (χ1n) is 9.67. The number of methoxy groups -OCH3 is 1. The molecule has 0 saturated carbocycles. The second-order valence-electron chi connectivity index (χ2n) is 7.68. The van der Waals surface area contributed by atoms with Crippen molar-refractivity contribution in [3.05, 3.63) is 64.8 Å². The van der Waals surface area contributed by atoms with Gasteiger partial charge in [0.05, 0.1) is 17.6 Å². The van der Waals surface area contributed by atoms with Crippen molar-refractivity contribution in [2.45, 2.75) is 44.4 Å². The van der Waals surface area contributed by atoms with E-state index >= 15 is 0 Å². The fourth-order valence-electron chi connectivity index (χ4n) is 3.85. The van der Waals surface area contributed by atoms with Crippen LogP contribution in [0.4, 0.5) is 13.2 Å². The third-order valence-electron chi connectivity index (χ3n) is 5.14. The van der Waals surface area contributed by atoms with Crippen molar-refractivity contribution in [1.29, 1.82) is 0 Å². The summed E-state index contributed by atoms with van der Waals surface area (Å²) in [6.45, 7) is 4.21. The third kappa shape index (κ3) is 4.81. The Hall–Kier alpha value is -2.85. The normalized spacial score (nSPS) is 13.3. The van der Waals surface area contributed by atoms with Gasteiger partial charge in [0, 0.05) is 23.6 Å². The molecule has 0 saturated heterocycles. The van der Waals surface area contributed by atoms with Crippen LogP contribution in [0.15, 0.2) is 47.5 Å². The Morgan fingerprint density at radius 2 is 1.72 bits per heavy atom. The molecular formula is C22H23F3N2O4S. The van der Waals surface area contributed by atoms with Crippen LogP contribution in [0.1, 0.15) is 27.0 Å². The summed E-state index contributed by atoms with van der Waals surface area (Å²) >= 11 is 0. The van der Waals surface area contributed by atoms with E-state index in [1.165, 1.54) is 36.1 Å². The minimum absolute atomic E-state index is 0.155. The molecule has 32 heavy (non-hydrogen) atoms. The van der Waals surface area contributed by atoms with E-state index in [1.54, 1.807) is 39.0 Å². The van der Waals surface area contributed by atoms with E-state index in [0.717, 1.165) is 5.56 Å². The topological polar surface area (TPSA) is 77.4 Å². The fourth-order valence-corrected chi connectivity index (χ4v) is 5.51. The van der Waals surface area contributed by atoms with E-state index < -0.39 is 34.8 Å². The second kappa shape index (κ2) is 8.59. The average Bonchev–Trinajstić information content (AvgIpc) is 3.07. The molecule has 3 rings (SSSR count). The number of fused-ring (bicyclic) bond motifs is 1. The molecule has 0 spiro atoms. The summed E-state index contributed by atoms with van der Waals surface area (Å²) in [5, 5.41) is 0.530. The monoisotopic (exact) mass is 468 g/mol. The molecule has 0 aliphatic rings. The predicted octanol–water partition coefficient (Wildman–Crippen LogP) is 4.26. The van der Waals surface area contributed by atoms with E-state index in [9.17, 15) is 26.4 Å². The molecular weight excluding hydrogens is 445 g/mol. The van der Waals surface area contributed by atoms with Crippen molar-refractivity contribution in [2.24, 2.45) is 0 Å². The highest BCUT2D eigenvalue weighted by atomic mass is 32.2. The zero-order valence-corrected chi connectivity index (χ0v) is 18.8. The van der Waals surface area contributed by atoms with Crippen LogP contribution in [0, 0.1) is 20.8 Å². The van der Waals surface area contributed by atoms with Gasteiger partial charge in [-0.25, -0.2) is 13.2 Å². The maximum atomic E-state index is 13.8. The highest BCUT2D eigenvalue weighted by Crippen LogP contribution is 2.28. The number of rotatable bonds is 6. The maximum Gasteiger partial charge on any atom is 0.406 e. The van der Waals surface area contributed by atoms with E-state index in [1.807, 2.05) is 4.72 Å². The fraction of sp³-hybridized carbons (Fsp3) is 0.318. The number of ether oxygens (including phenoxy) is 1. The zero-order valence-electron chi connectivity index (χ0n) is 17.9. The number of nitrogens with one attached hydrogen (secondary N) is 1. The van der Waals surface area contributed by atoms with Gasteiger partial charge in [-0.1, -0.05) is 17.7 Å². The molecule has 3 aromatic rings. The Bertz CT molecular complexity index is 1260. The van der Waals surface area contributed by atoms with Crippen LogP contribution >= 0.6 is 0 Å². The highest BCUT2D eigenvalue weighted by Gasteiger charge is 2.43. The van der Waals surface area contributed by atoms with Crippen molar-refractivity contribution < 1.29 is 31.1 Å². The summed E-state index contributed by atoms with van der Waals surface area (Å²) in [6, 6.07) is 6.87. The van der Waals surface area contributed by atoms with Gasteiger partial charge in [0.2, 0.25) is 10.0 Å². The number of aryl methyl sites for hydroxylation is 3. The molecule has 1 unspecified atom stereocenters. The third-order valence-corrected chi connectivity index (χ3v) is 6.91. The van der Waals surface area contributed by atoms with Gasteiger partial charge in [0.1, 0.15) is 6.04 Å². The number of aromatic nitrogens is 1. The first-order chi connectivity index (χ1) is 14.8. The molecule has 0 amide bonds.